The molecule has 0 atom stereocenters. The predicted octanol–water partition coefficient (Wildman–Crippen LogP) is -0.483. The molecule has 0 radical (unpaired) electrons. The highest BCUT2D eigenvalue weighted by Gasteiger charge is 2.12. The Morgan fingerprint density at radius 1 is 1.60 bits per heavy atom. The molecule has 1 aliphatic rings. The van der Waals surface area contributed by atoms with Crippen LogP contribution in [0.1, 0.15) is 11.3 Å². The zero-order valence-electron chi connectivity index (χ0n) is 9.03. The maximum absolute atomic E-state index is 5.50. The molecule has 0 unspecified atom stereocenters. The van der Waals surface area contributed by atoms with Gasteiger partial charge in [-0.3, -0.25) is 0 Å². The number of aromatic nitrogens is 2. The minimum atomic E-state index is 0.624. The maximum Gasteiger partial charge on any atom is 0.225 e. The van der Waals surface area contributed by atoms with Crippen LogP contribution in [0, 0.1) is 0 Å². The Balaban J connectivity index is 2.20. The van der Waals surface area contributed by atoms with Gasteiger partial charge in [0.2, 0.25) is 5.95 Å². The average Bonchev–Trinajstić information content (AvgIpc) is 2.29. The number of likely N-dealkylation sites (N-methyl/N-ethyl adjacent to an activating group) is 1. The Bertz CT molecular complexity index is 339. The van der Waals surface area contributed by atoms with E-state index in [-0.39, 0.29) is 0 Å². The van der Waals surface area contributed by atoms with Gasteiger partial charge in [-0.15, -0.1) is 0 Å². The first-order valence-electron chi connectivity index (χ1n) is 5.28. The van der Waals surface area contributed by atoms with Crippen molar-refractivity contribution in [3.05, 3.63) is 17.5 Å². The van der Waals surface area contributed by atoms with E-state index >= 15 is 0 Å². The van der Waals surface area contributed by atoms with Crippen LogP contribution >= 0.6 is 0 Å². The van der Waals surface area contributed by atoms with Crippen molar-refractivity contribution in [2.24, 2.45) is 5.73 Å². The molecule has 0 saturated heterocycles. The Hall–Kier alpha value is -1.20. The molecule has 5 nitrogen and oxygen atoms in total. The monoisotopic (exact) mass is 207 g/mol. The second-order valence-corrected chi connectivity index (χ2v) is 3.78. The third kappa shape index (κ3) is 2.24. The van der Waals surface area contributed by atoms with Gasteiger partial charge in [0.1, 0.15) is 0 Å². The van der Waals surface area contributed by atoms with E-state index in [0.717, 1.165) is 32.0 Å². The zero-order chi connectivity index (χ0) is 10.7. The predicted molar refractivity (Wildman–Crippen MR) is 59.8 cm³/mol. The van der Waals surface area contributed by atoms with Crippen molar-refractivity contribution < 1.29 is 0 Å². The van der Waals surface area contributed by atoms with Crippen LogP contribution in [-0.4, -0.2) is 36.6 Å². The Labute approximate surface area is 89.7 Å². The Kier molecular flexibility index (Phi) is 3.13. The van der Waals surface area contributed by atoms with Crippen LogP contribution in [0.15, 0.2) is 6.20 Å². The second kappa shape index (κ2) is 4.55. The standard InChI is InChI=1S/C10H17N5/c1-15(5-3-11)10-13-7-8-6-12-4-2-9(8)14-10/h7,12H,2-6,11H2,1H3. The van der Waals surface area contributed by atoms with Crippen molar-refractivity contribution in [1.82, 2.24) is 15.3 Å². The number of nitrogens with zero attached hydrogens (tertiary/aromatic N) is 3. The fourth-order valence-electron chi connectivity index (χ4n) is 1.70. The minimum Gasteiger partial charge on any atom is -0.343 e. The lowest BCUT2D eigenvalue weighted by Crippen LogP contribution is -2.29. The molecule has 2 heterocycles. The minimum absolute atomic E-state index is 0.624. The molecule has 1 aromatic heterocycles. The average molecular weight is 207 g/mol. The van der Waals surface area contributed by atoms with Crippen molar-refractivity contribution in [1.29, 1.82) is 0 Å². The number of anilines is 1. The number of nitrogens with two attached hydrogens (primary N) is 1. The number of rotatable bonds is 3. The molecule has 0 aromatic carbocycles. The number of nitrogens with one attached hydrogen (secondary N) is 1. The van der Waals surface area contributed by atoms with Crippen molar-refractivity contribution in [3.63, 3.8) is 0 Å². The summed E-state index contributed by atoms with van der Waals surface area (Å²) in [6, 6.07) is 0. The normalized spacial score (nSPS) is 14.8. The van der Waals surface area contributed by atoms with Gasteiger partial charge in [0, 0.05) is 51.4 Å². The summed E-state index contributed by atoms with van der Waals surface area (Å²) in [5.74, 6) is 0.779. The topological polar surface area (TPSA) is 67.1 Å². The van der Waals surface area contributed by atoms with Crippen molar-refractivity contribution in [3.8, 4) is 0 Å². The first-order chi connectivity index (χ1) is 7.31. The van der Waals surface area contributed by atoms with Crippen LogP contribution in [0.5, 0.6) is 0 Å². The van der Waals surface area contributed by atoms with E-state index < -0.39 is 0 Å². The molecule has 0 fully saturated rings. The van der Waals surface area contributed by atoms with Gasteiger partial charge in [0.15, 0.2) is 0 Å². The molecule has 1 aromatic rings. The zero-order valence-corrected chi connectivity index (χ0v) is 9.03. The number of hydrogen-bond donors (Lipinski definition) is 2. The lowest BCUT2D eigenvalue weighted by Gasteiger charge is -2.20. The summed E-state index contributed by atoms with van der Waals surface area (Å²) in [6.45, 7) is 3.30. The number of hydrogen-bond acceptors (Lipinski definition) is 5. The fourth-order valence-corrected chi connectivity index (χ4v) is 1.70. The lowest BCUT2D eigenvalue weighted by atomic mass is 10.1. The van der Waals surface area contributed by atoms with Gasteiger partial charge in [0.05, 0.1) is 5.69 Å². The largest absolute Gasteiger partial charge is 0.343 e. The van der Waals surface area contributed by atoms with Crippen LogP contribution in [-0.2, 0) is 13.0 Å². The molecule has 2 rings (SSSR count). The summed E-state index contributed by atoms with van der Waals surface area (Å²) in [5.41, 5.74) is 7.88. The van der Waals surface area contributed by atoms with Crippen molar-refractivity contribution >= 4 is 5.95 Å². The first kappa shape index (κ1) is 10.3. The van der Waals surface area contributed by atoms with E-state index in [1.165, 1.54) is 11.3 Å². The number of fused-ring (bicyclic) bond motifs is 1. The van der Waals surface area contributed by atoms with Gasteiger partial charge < -0.3 is 16.0 Å². The Morgan fingerprint density at radius 3 is 3.27 bits per heavy atom. The SMILES string of the molecule is CN(CCN)c1ncc2c(n1)CCNC2. The Morgan fingerprint density at radius 2 is 2.47 bits per heavy atom. The first-order valence-corrected chi connectivity index (χ1v) is 5.28. The highest BCUT2D eigenvalue weighted by atomic mass is 15.2. The molecule has 0 spiro atoms. The summed E-state index contributed by atoms with van der Waals surface area (Å²) in [7, 11) is 1.97. The van der Waals surface area contributed by atoms with Crippen LogP contribution in [0.25, 0.3) is 0 Å². The van der Waals surface area contributed by atoms with E-state index in [2.05, 4.69) is 15.3 Å². The molecule has 0 saturated carbocycles. The maximum atomic E-state index is 5.50. The van der Waals surface area contributed by atoms with Crippen LogP contribution in [0.3, 0.4) is 0 Å². The molecular weight excluding hydrogens is 190 g/mol. The molecule has 3 N–H and O–H groups in total. The third-order valence-corrected chi connectivity index (χ3v) is 2.60. The van der Waals surface area contributed by atoms with Gasteiger partial charge in [0.25, 0.3) is 0 Å². The van der Waals surface area contributed by atoms with Gasteiger partial charge >= 0.3 is 0 Å². The van der Waals surface area contributed by atoms with E-state index in [1.807, 2.05) is 18.1 Å². The van der Waals surface area contributed by atoms with Gasteiger partial charge in [-0.2, -0.15) is 0 Å². The molecule has 0 aliphatic carbocycles. The summed E-state index contributed by atoms with van der Waals surface area (Å²) in [5, 5.41) is 3.30. The molecule has 15 heavy (non-hydrogen) atoms. The van der Waals surface area contributed by atoms with Crippen LogP contribution in [0.2, 0.25) is 0 Å². The van der Waals surface area contributed by atoms with Crippen LogP contribution < -0.4 is 16.0 Å². The van der Waals surface area contributed by atoms with Crippen LogP contribution in [0.4, 0.5) is 5.95 Å². The summed E-state index contributed by atoms with van der Waals surface area (Å²) < 4.78 is 0. The molecule has 5 heteroatoms. The third-order valence-electron chi connectivity index (χ3n) is 2.60. The highest BCUT2D eigenvalue weighted by Crippen LogP contribution is 2.13. The second-order valence-electron chi connectivity index (χ2n) is 3.78. The van der Waals surface area contributed by atoms with Crippen molar-refractivity contribution in [2.45, 2.75) is 13.0 Å². The summed E-state index contributed by atoms with van der Waals surface area (Å²) >= 11 is 0. The quantitative estimate of drug-likeness (QED) is 0.700. The van der Waals surface area contributed by atoms with Gasteiger partial charge in [-0.05, 0) is 0 Å². The van der Waals surface area contributed by atoms with Gasteiger partial charge in [-0.1, -0.05) is 0 Å². The molecular formula is C10H17N5. The lowest BCUT2D eigenvalue weighted by molar-refractivity contribution is 0.624. The molecule has 0 amide bonds. The fraction of sp³-hybridized carbons (Fsp3) is 0.600. The smallest absolute Gasteiger partial charge is 0.225 e. The summed E-state index contributed by atoms with van der Waals surface area (Å²) in [4.78, 5) is 10.9. The molecule has 82 valence electrons. The van der Waals surface area contributed by atoms with E-state index in [0.29, 0.717) is 6.54 Å². The van der Waals surface area contributed by atoms with Gasteiger partial charge in [-0.25, -0.2) is 9.97 Å². The molecule has 1 aliphatic heterocycles. The molecule has 0 bridgehead atoms. The summed E-state index contributed by atoms with van der Waals surface area (Å²) in [6.07, 6.45) is 2.90. The van der Waals surface area contributed by atoms with E-state index in [4.69, 9.17) is 5.73 Å². The van der Waals surface area contributed by atoms with Crippen molar-refractivity contribution in [2.75, 3.05) is 31.6 Å². The van der Waals surface area contributed by atoms with E-state index in [9.17, 15) is 0 Å². The highest BCUT2D eigenvalue weighted by molar-refractivity contribution is 5.33. The van der Waals surface area contributed by atoms with E-state index in [1.54, 1.807) is 0 Å².